The van der Waals surface area contributed by atoms with Gasteiger partial charge < -0.3 is 14.9 Å². The Morgan fingerprint density at radius 3 is 2.57 bits per heavy atom. The number of ketones is 1. The third kappa shape index (κ3) is 4.84. The second-order valence-corrected chi connectivity index (χ2v) is 6.18. The molecule has 1 aromatic carbocycles. The van der Waals surface area contributed by atoms with Crippen LogP contribution in [0.25, 0.3) is 6.08 Å². The molecular formula is C17H22N2O3S. The number of carbonyl (C=O) groups is 2. The maximum Gasteiger partial charge on any atom is 0.232 e. The summed E-state index contributed by atoms with van der Waals surface area (Å²) in [6, 6.07) is 7.85. The Hall–Kier alpha value is -1.79. The first-order valence-corrected chi connectivity index (χ1v) is 8.97. The highest BCUT2D eigenvalue weighted by Gasteiger charge is 2.21. The van der Waals surface area contributed by atoms with Gasteiger partial charge in [-0.25, -0.2) is 0 Å². The van der Waals surface area contributed by atoms with Gasteiger partial charge in [0.25, 0.3) is 0 Å². The first kappa shape index (κ1) is 17.6. The second kappa shape index (κ2) is 8.74. The predicted molar refractivity (Wildman–Crippen MR) is 94.7 cm³/mol. The van der Waals surface area contributed by atoms with Crippen molar-refractivity contribution in [2.45, 2.75) is 0 Å². The number of hydrogen-bond donors (Lipinski definition) is 1. The van der Waals surface area contributed by atoms with Gasteiger partial charge in [0, 0.05) is 31.9 Å². The lowest BCUT2D eigenvalue weighted by molar-refractivity contribution is -0.128. The molecule has 0 unspecified atom stereocenters. The van der Waals surface area contributed by atoms with E-state index in [0.717, 1.165) is 24.3 Å². The molecule has 6 heteroatoms. The van der Waals surface area contributed by atoms with Gasteiger partial charge in [-0.05, 0) is 30.0 Å². The zero-order valence-corrected chi connectivity index (χ0v) is 14.1. The molecule has 1 aliphatic rings. The molecule has 1 aromatic rings. The van der Waals surface area contributed by atoms with Crippen molar-refractivity contribution in [2.75, 3.05) is 49.7 Å². The van der Waals surface area contributed by atoms with Crippen molar-refractivity contribution < 1.29 is 14.7 Å². The van der Waals surface area contributed by atoms with Crippen LogP contribution in [0.3, 0.4) is 0 Å². The lowest BCUT2D eigenvalue weighted by atomic mass is 10.1. The molecule has 1 aliphatic heterocycles. The molecule has 2 rings (SSSR count). The van der Waals surface area contributed by atoms with Crippen LogP contribution in [-0.4, -0.2) is 66.5 Å². The van der Waals surface area contributed by atoms with Crippen LogP contribution >= 0.6 is 11.8 Å². The van der Waals surface area contributed by atoms with E-state index in [0.29, 0.717) is 18.8 Å². The van der Waals surface area contributed by atoms with Gasteiger partial charge in [-0.1, -0.05) is 18.2 Å². The van der Waals surface area contributed by atoms with Crippen LogP contribution in [0.5, 0.6) is 0 Å². The highest BCUT2D eigenvalue weighted by Crippen LogP contribution is 2.23. The van der Waals surface area contributed by atoms with E-state index in [-0.39, 0.29) is 11.7 Å². The summed E-state index contributed by atoms with van der Waals surface area (Å²) in [5.41, 5.74) is 1.99. The van der Waals surface area contributed by atoms with Gasteiger partial charge in [0.1, 0.15) is 6.61 Å². The number of amides is 1. The summed E-state index contributed by atoms with van der Waals surface area (Å²) in [5.74, 6) is 0.411. The summed E-state index contributed by atoms with van der Waals surface area (Å²) < 4.78 is 0. The van der Waals surface area contributed by atoms with Crippen LogP contribution in [0.15, 0.2) is 30.3 Å². The molecule has 1 amide bonds. The molecule has 1 N–H and O–H groups in total. The van der Waals surface area contributed by atoms with Gasteiger partial charge in [-0.15, -0.1) is 0 Å². The summed E-state index contributed by atoms with van der Waals surface area (Å²) >= 11 is 1.55. The van der Waals surface area contributed by atoms with Gasteiger partial charge in [0.15, 0.2) is 5.78 Å². The molecular weight excluding hydrogens is 312 g/mol. The average Bonchev–Trinajstić information content (AvgIpc) is 2.60. The molecule has 0 aliphatic carbocycles. The van der Waals surface area contributed by atoms with E-state index in [1.54, 1.807) is 17.8 Å². The quantitative estimate of drug-likeness (QED) is 0.794. The highest BCUT2D eigenvalue weighted by molar-refractivity contribution is 7.99. The Balaban J connectivity index is 2.05. The van der Waals surface area contributed by atoms with E-state index in [4.69, 9.17) is 5.11 Å². The van der Waals surface area contributed by atoms with Crippen LogP contribution in [-0.2, 0) is 9.59 Å². The van der Waals surface area contributed by atoms with E-state index in [1.165, 1.54) is 6.08 Å². The van der Waals surface area contributed by atoms with E-state index in [9.17, 15) is 9.59 Å². The molecule has 124 valence electrons. The smallest absolute Gasteiger partial charge is 0.232 e. The lowest BCUT2D eigenvalue weighted by Gasteiger charge is -2.36. The molecule has 0 spiro atoms. The van der Waals surface area contributed by atoms with Crippen molar-refractivity contribution in [2.24, 2.45) is 0 Å². The number of carbonyl (C=O) groups excluding carboxylic acids is 2. The number of nitrogens with zero attached hydrogens (tertiary/aromatic N) is 2. The predicted octanol–water partition coefficient (Wildman–Crippen LogP) is 1.27. The monoisotopic (exact) mass is 334 g/mol. The number of benzene rings is 1. The van der Waals surface area contributed by atoms with Gasteiger partial charge >= 0.3 is 0 Å². The first-order chi connectivity index (χ1) is 11.2. The molecule has 0 radical (unpaired) electrons. The highest BCUT2D eigenvalue weighted by atomic mass is 32.2. The SMILES string of the molecule is CSCC(=O)N1CCN(c2ccccc2/C=C/C(=O)CO)CC1. The molecule has 1 saturated heterocycles. The summed E-state index contributed by atoms with van der Waals surface area (Å²) in [6.45, 7) is 2.51. The Kier molecular flexibility index (Phi) is 6.67. The topological polar surface area (TPSA) is 60.9 Å². The van der Waals surface area contributed by atoms with Crippen molar-refractivity contribution in [3.05, 3.63) is 35.9 Å². The van der Waals surface area contributed by atoms with Gasteiger partial charge in [0.2, 0.25) is 5.91 Å². The van der Waals surface area contributed by atoms with Crippen molar-refractivity contribution in [1.82, 2.24) is 4.90 Å². The normalized spacial score (nSPS) is 15.2. The molecule has 23 heavy (non-hydrogen) atoms. The number of rotatable bonds is 6. The number of piperazine rings is 1. The third-order valence-corrected chi connectivity index (χ3v) is 4.32. The van der Waals surface area contributed by atoms with E-state index < -0.39 is 6.61 Å². The van der Waals surface area contributed by atoms with Crippen LogP contribution in [0.1, 0.15) is 5.56 Å². The number of hydrogen-bond acceptors (Lipinski definition) is 5. The fourth-order valence-corrected chi connectivity index (χ4v) is 2.99. The molecule has 5 nitrogen and oxygen atoms in total. The van der Waals surface area contributed by atoms with E-state index >= 15 is 0 Å². The number of aliphatic hydroxyl groups is 1. The number of thioether (sulfide) groups is 1. The Bertz CT molecular complexity index is 581. The van der Waals surface area contributed by atoms with E-state index in [1.807, 2.05) is 35.4 Å². The third-order valence-electron chi connectivity index (χ3n) is 3.78. The summed E-state index contributed by atoms with van der Waals surface area (Å²) in [6.07, 6.45) is 5.07. The lowest BCUT2D eigenvalue weighted by Crippen LogP contribution is -2.49. The summed E-state index contributed by atoms with van der Waals surface area (Å²) in [5, 5.41) is 8.81. The maximum atomic E-state index is 11.9. The maximum absolute atomic E-state index is 11.9. The Morgan fingerprint density at radius 1 is 1.22 bits per heavy atom. The Labute approximate surface area is 141 Å². The molecule has 0 aromatic heterocycles. The second-order valence-electron chi connectivity index (χ2n) is 5.32. The molecule has 1 heterocycles. The zero-order chi connectivity index (χ0) is 16.7. The first-order valence-electron chi connectivity index (χ1n) is 7.58. The average molecular weight is 334 g/mol. The van der Waals surface area contributed by atoms with Crippen molar-refractivity contribution in [3.63, 3.8) is 0 Å². The number of aliphatic hydroxyl groups excluding tert-OH is 1. The van der Waals surface area contributed by atoms with Gasteiger partial charge in [0.05, 0.1) is 5.75 Å². The van der Waals surface area contributed by atoms with Crippen LogP contribution < -0.4 is 4.90 Å². The van der Waals surface area contributed by atoms with Crippen LogP contribution in [0, 0.1) is 0 Å². The fourth-order valence-electron chi connectivity index (χ4n) is 2.56. The minimum atomic E-state index is -0.477. The summed E-state index contributed by atoms with van der Waals surface area (Å²) in [7, 11) is 0. The van der Waals surface area contributed by atoms with Crippen molar-refractivity contribution >= 4 is 35.2 Å². The zero-order valence-electron chi connectivity index (χ0n) is 13.3. The molecule has 0 atom stereocenters. The molecule has 1 fully saturated rings. The minimum Gasteiger partial charge on any atom is -0.388 e. The molecule has 0 bridgehead atoms. The minimum absolute atomic E-state index is 0.193. The van der Waals surface area contributed by atoms with E-state index in [2.05, 4.69) is 4.90 Å². The van der Waals surface area contributed by atoms with Gasteiger partial charge in [-0.3, -0.25) is 9.59 Å². The van der Waals surface area contributed by atoms with Crippen molar-refractivity contribution in [3.8, 4) is 0 Å². The standard InChI is InChI=1S/C17H22N2O3S/c1-23-13-17(22)19-10-8-18(9-11-19)16-5-3-2-4-14(16)6-7-15(21)12-20/h2-7,20H,8-13H2,1H3/b7-6+. The van der Waals surface area contributed by atoms with Crippen molar-refractivity contribution in [1.29, 1.82) is 0 Å². The van der Waals surface area contributed by atoms with Gasteiger partial charge in [-0.2, -0.15) is 11.8 Å². The molecule has 0 saturated carbocycles. The van der Waals surface area contributed by atoms with Crippen LogP contribution in [0.4, 0.5) is 5.69 Å². The Morgan fingerprint density at radius 2 is 1.91 bits per heavy atom. The fraction of sp³-hybridized carbons (Fsp3) is 0.412. The number of para-hydroxylation sites is 1. The number of anilines is 1. The largest absolute Gasteiger partial charge is 0.388 e. The van der Waals surface area contributed by atoms with Crippen LogP contribution in [0.2, 0.25) is 0 Å². The summed E-state index contributed by atoms with van der Waals surface area (Å²) in [4.78, 5) is 27.3.